The molecule has 2 N–H and O–H groups in total. The fraction of sp³-hybridized carbons (Fsp3) is 0.176. The zero-order valence-corrected chi connectivity index (χ0v) is 13.4. The highest BCUT2D eigenvalue weighted by molar-refractivity contribution is 6.11. The number of hydrazine groups is 1. The van der Waals surface area contributed by atoms with Crippen molar-refractivity contribution in [2.24, 2.45) is 0 Å². The van der Waals surface area contributed by atoms with E-state index in [0.717, 1.165) is 4.90 Å². The molecule has 0 saturated carbocycles. The van der Waals surface area contributed by atoms with Crippen molar-refractivity contribution >= 4 is 23.6 Å². The van der Waals surface area contributed by atoms with E-state index in [9.17, 15) is 19.2 Å². The summed E-state index contributed by atoms with van der Waals surface area (Å²) in [6.07, 6.45) is 1.41. The zero-order valence-electron chi connectivity index (χ0n) is 13.4. The highest BCUT2D eigenvalue weighted by atomic mass is 16.3. The minimum atomic E-state index is -0.685. The Morgan fingerprint density at radius 1 is 1.16 bits per heavy atom. The number of carbonyl (C=O) groups is 4. The molecule has 8 nitrogen and oxygen atoms in total. The molecule has 8 heteroatoms. The molecule has 4 amide bonds. The predicted octanol–water partition coefficient (Wildman–Crippen LogP) is 0.574. The summed E-state index contributed by atoms with van der Waals surface area (Å²) in [5.74, 6) is -1.82. The first kappa shape index (κ1) is 16.4. The van der Waals surface area contributed by atoms with E-state index in [-0.39, 0.29) is 12.0 Å². The summed E-state index contributed by atoms with van der Waals surface area (Å²) in [6.45, 7) is 1.13. The molecule has 0 unspecified atom stereocenters. The lowest BCUT2D eigenvalue weighted by Gasteiger charge is -2.26. The van der Waals surface area contributed by atoms with Crippen molar-refractivity contribution in [3.05, 3.63) is 59.0 Å². The lowest BCUT2D eigenvalue weighted by atomic mass is 9.98. The van der Waals surface area contributed by atoms with Crippen molar-refractivity contribution in [1.29, 1.82) is 0 Å². The van der Waals surface area contributed by atoms with Crippen LogP contribution in [0.5, 0.6) is 0 Å². The van der Waals surface area contributed by atoms with Crippen LogP contribution in [-0.2, 0) is 16.0 Å². The van der Waals surface area contributed by atoms with Gasteiger partial charge < -0.3 is 4.42 Å². The molecular weight excluding hydrogens is 326 g/mol. The van der Waals surface area contributed by atoms with Gasteiger partial charge in [0.15, 0.2) is 0 Å². The second-order valence-electron chi connectivity index (χ2n) is 5.51. The normalized spacial score (nSPS) is 13.4. The van der Waals surface area contributed by atoms with Crippen LogP contribution in [0.2, 0.25) is 0 Å². The number of fused-ring (bicyclic) bond motifs is 1. The van der Waals surface area contributed by atoms with Crippen LogP contribution in [0.3, 0.4) is 0 Å². The topological polar surface area (TPSA) is 109 Å². The molecule has 1 aliphatic rings. The van der Waals surface area contributed by atoms with Gasteiger partial charge in [-0.25, -0.2) is 0 Å². The number of nitrogens with zero attached hydrogens (tertiary/aromatic N) is 1. The Morgan fingerprint density at radius 2 is 1.92 bits per heavy atom. The summed E-state index contributed by atoms with van der Waals surface area (Å²) < 4.78 is 5.00. The molecule has 1 aromatic heterocycles. The van der Waals surface area contributed by atoms with Gasteiger partial charge in [0.2, 0.25) is 5.91 Å². The second-order valence-corrected chi connectivity index (χ2v) is 5.51. The molecule has 1 aromatic carbocycles. The monoisotopic (exact) mass is 341 g/mol. The number of nitrogens with one attached hydrogen (secondary N) is 2. The molecule has 0 spiro atoms. The van der Waals surface area contributed by atoms with Crippen LogP contribution in [0.1, 0.15) is 32.0 Å². The Bertz CT molecular complexity index is 871. The molecular formula is C17H15N3O5. The predicted molar refractivity (Wildman–Crippen MR) is 85.2 cm³/mol. The van der Waals surface area contributed by atoms with Gasteiger partial charge in [-0.15, -0.1) is 0 Å². The summed E-state index contributed by atoms with van der Waals surface area (Å²) in [7, 11) is 0. The quantitative estimate of drug-likeness (QED) is 0.627. The van der Waals surface area contributed by atoms with E-state index in [1.54, 1.807) is 31.2 Å². The maximum absolute atomic E-state index is 12.4. The Hall–Kier alpha value is -3.42. The molecule has 0 saturated heterocycles. The van der Waals surface area contributed by atoms with Crippen molar-refractivity contribution in [2.75, 3.05) is 6.54 Å². The minimum Gasteiger partial charge on any atom is -0.469 e. The standard InChI is InChI=1S/C17H15N3O5/c1-10-12(6-7-25-10)16(23)19-18-14(21)9-20-15(22)8-11-4-2-3-5-13(11)17(20)24/h2-7H,8-9H2,1H3,(H,18,21)(H,19,23). The Labute approximate surface area is 142 Å². The number of hydrogen-bond donors (Lipinski definition) is 2. The molecule has 0 radical (unpaired) electrons. The minimum absolute atomic E-state index is 0.0514. The second kappa shape index (κ2) is 6.60. The van der Waals surface area contributed by atoms with Crippen molar-refractivity contribution in [3.63, 3.8) is 0 Å². The van der Waals surface area contributed by atoms with Crippen molar-refractivity contribution in [1.82, 2.24) is 15.8 Å². The molecule has 128 valence electrons. The summed E-state index contributed by atoms with van der Waals surface area (Å²) >= 11 is 0. The van der Waals surface area contributed by atoms with Gasteiger partial charge in [0.05, 0.1) is 18.2 Å². The van der Waals surface area contributed by atoms with Crippen molar-refractivity contribution in [2.45, 2.75) is 13.3 Å². The highest BCUT2D eigenvalue weighted by Crippen LogP contribution is 2.19. The van der Waals surface area contributed by atoms with Crippen LogP contribution in [-0.4, -0.2) is 35.1 Å². The number of rotatable bonds is 3. The van der Waals surface area contributed by atoms with E-state index in [1.807, 2.05) is 0 Å². The summed E-state index contributed by atoms with van der Waals surface area (Å²) in [5.41, 5.74) is 5.71. The van der Waals surface area contributed by atoms with Crippen LogP contribution >= 0.6 is 0 Å². The van der Waals surface area contributed by atoms with E-state index in [2.05, 4.69) is 10.9 Å². The number of hydrogen-bond acceptors (Lipinski definition) is 5. The van der Waals surface area contributed by atoms with E-state index < -0.39 is 30.2 Å². The Kier molecular flexibility index (Phi) is 4.34. The zero-order chi connectivity index (χ0) is 18.0. The van der Waals surface area contributed by atoms with Crippen LogP contribution in [0, 0.1) is 6.92 Å². The SMILES string of the molecule is Cc1occc1C(=O)NNC(=O)CN1C(=O)Cc2ccccc2C1=O. The molecule has 0 atom stereocenters. The summed E-state index contributed by atoms with van der Waals surface area (Å²) in [5, 5.41) is 0. The highest BCUT2D eigenvalue weighted by Gasteiger charge is 2.32. The van der Waals surface area contributed by atoms with Gasteiger partial charge in [-0.2, -0.15) is 0 Å². The van der Waals surface area contributed by atoms with E-state index in [1.165, 1.54) is 12.3 Å². The number of amides is 4. The molecule has 2 aromatic rings. The third kappa shape index (κ3) is 3.27. The molecule has 1 aliphatic heterocycles. The number of furan rings is 1. The van der Waals surface area contributed by atoms with Gasteiger partial charge in [0, 0.05) is 5.56 Å². The largest absolute Gasteiger partial charge is 0.469 e. The Balaban J connectivity index is 1.61. The summed E-state index contributed by atoms with van der Waals surface area (Å²) in [6, 6.07) is 8.22. The van der Waals surface area contributed by atoms with Crippen LogP contribution < -0.4 is 10.9 Å². The smallest absolute Gasteiger partial charge is 0.273 e. The van der Waals surface area contributed by atoms with E-state index in [4.69, 9.17) is 4.42 Å². The first-order valence-electron chi connectivity index (χ1n) is 7.53. The van der Waals surface area contributed by atoms with E-state index >= 15 is 0 Å². The summed E-state index contributed by atoms with van der Waals surface area (Å²) in [4.78, 5) is 49.2. The van der Waals surface area contributed by atoms with Crippen LogP contribution in [0.4, 0.5) is 0 Å². The number of aryl methyl sites for hydroxylation is 1. The van der Waals surface area contributed by atoms with Gasteiger partial charge in [0.1, 0.15) is 12.3 Å². The average Bonchev–Trinajstić information content (AvgIpc) is 3.02. The number of carbonyl (C=O) groups excluding carboxylic acids is 4. The van der Waals surface area contributed by atoms with Gasteiger partial charge >= 0.3 is 0 Å². The van der Waals surface area contributed by atoms with Crippen molar-refractivity contribution < 1.29 is 23.6 Å². The molecule has 2 heterocycles. The molecule has 0 fully saturated rings. The van der Waals surface area contributed by atoms with Gasteiger partial charge in [-0.3, -0.25) is 34.9 Å². The lowest BCUT2D eigenvalue weighted by Crippen LogP contribution is -2.51. The third-order valence-corrected chi connectivity index (χ3v) is 3.86. The fourth-order valence-electron chi connectivity index (χ4n) is 2.56. The maximum atomic E-state index is 12.4. The number of imide groups is 1. The molecule has 3 rings (SSSR count). The van der Waals surface area contributed by atoms with Gasteiger partial charge in [-0.05, 0) is 24.6 Å². The van der Waals surface area contributed by atoms with Crippen molar-refractivity contribution in [3.8, 4) is 0 Å². The van der Waals surface area contributed by atoms with Gasteiger partial charge in [-0.1, -0.05) is 18.2 Å². The Morgan fingerprint density at radius 3 is 2.64 bits per heavy atom. The third-order valence-electron chi connectivity index (χ3n) is 3.86. The fourth-order valence-corrected chi connectivity index (χ4v) is 2.56. The lowest BCUT2D eigenvalue weighted by molar-refractivity contribution is -0.133. The van der Waals surface area contributed by atoms with E-state index in [0.29, 0.717) is 16.9 Å². The first-order valence-corrected chi connectivity index (χ1v) is 7.53. The molecule has 0 bridgehead atoms. The first-order chi connectivity index (χ1) is 12.0. The maximum Gasteiger partial charge on any atom is 0.273 e. The van der Waals surface area contributed by atoms with Crippen LogP contribution in [0.25, 0.3) is 0 Å². The average molecular weight is 341 g/mol. The molecule has 25 heavy (non-hydrogen) atoms. The van der Waals surface area contributed by atoms with Gasteiger partial charge in [0.25, 0.3) is 17.7 Å². The number of benzene rings is 1. The molecule has 0 aliphatic carbocycles. The van der Waals surface area contributed by atoms with Crippen LogP contribution in [0.15, 0.2) is 41.0 Å².